The van der Waals surface area contributed by atoms with Crippen molar-refractivity contribution >= 4 is 35.0 Å². The number of imide groups is 2. The number of aromatic hydroxyl groups is 2. The summed E-state index contributed by atoms with van der Waals surface area (Å²) in [7, 11) is 1.41. The smallest absolute Gasteiger partial charge is 0.266 e. The second-order valence-electron chi connectivity index (χ2n) is 16.2. The molecule has 326 valence electrons. The minimum Gasteiger partial charge on any atom is -0.508 e. The first-order valence-electron chi connectivity index (χ1n) is 21.2. The van der Waals surface area contributed by atoms with Crippen LogP contribution in [0.5, 0.6) is 40.2 Å². The zero-order chi connectivity index (χ0) is 46.1. The van der Waals surface area contributed by atoms with Crippen molar-refractivity contribution in [2.24, 2.45) is 0 Å². The van der Waals surface area contributed by atoms with E-state index >= 15 is 0 Å². The van der Waals surface area contributed by atoms with Crippen LogP contribution in [0.3, 0.4) is 0 Å². The van der Waals surface area contributed by atoms with Gasteiger partial charge in [0.15, 0.2) is 11.5 Å². The molecule has 0 spiro atoms. The summed E-state index contributed by atoms with van der Waals surface area (Å²) in [5.41, 5.74) is 6.95. The summed E-state index contributed by atoms with van der Waals surface area (Å²) in [4.78, 5) is 55.9. The fourth-order valence-electron chi connectivity index (χ4n) is 9.52. The topological polar surface area (TPSA) is 163 Å². The van der Waals surface area contributed by atoms with Gasteiger partial charge in [0.25, 0.3) is 23.6 Å². The molecular weight excluding hydrogens is 849 g/mol. The number of hydrogen-bond acceptors (Lipinski definition) is 10. The minimum absolute atomic E-state index is 0.161. The first-order chi connectivity index (χ1) is 32.6. The predicted molar refractivity (Wildman–Crippen MR) is 248 cm³/mol. The molecule has 0 saturated heterocycles. The van der Waals surface area contributed by atoms with Gasteiger partial charge in [0.05, 0.1) is 52.8 Å². The van der Waals surface area contributed by atoms with E-state index in [1.807, 2.05) is 72.8 Å². The van der Waals surface area contributed by atoms with Crippen molar-refractivity contribution in [3.63, 3.8) is 0 Å². The van der Waals surface area contributed by atoms with Crippen LogP contribution in [-0.4, -0.2) is 46.1 Å². The highest BCUT2D eigenvalue weighted by Gasteiger charge is 2.46. The number of amides is 4. The number of benzene rings is 8. The molecule has 12 heteroatoms. The van der Waals surface area contributed by atoms with Gasteiger partial charge in [-0.2, -0.15) is 0 Å². The van der Waals surface area contributed by atoms with E-state index in [4.69, 9.17) is 14.2 Å². The molecule has 67 heavy (non-hydrogen) atoms. The number of aliphatic hydroxyl groups excluding tert-OH is 1. The number of carbonyl (C=O) groups is 4. The van der Waals surface area contributed by atoms with Gasteiger partial charge >= 0.3 is 0 Å². The zero-order valence-electron chi connectivity index (χ0n) is 35.5. The number of aliphatic hydroxyl groups is 1. The van der Waals surface area contributed by atoms with E-state index in [0.29, 0.717) is 23.0 Å². The van der Waals surface area contributed by atoms with Crippen LogP contribution < -0.4 is 24.0 Å². The van der Waals surface area contributed by atoms with Crippen molar-refractivity contribution in [2.45, 2.75) is 12.0 Å². The second-order valence-corrected chi connectivity index (χ2v) is 16.2. The van der Waals surface area contributed by atoms with Gasteiger partial charge in [-0.05, 0) is 112 Å². The molecule has 3 aliphatic rings. The molecule has 0 fully saturated rings. The Hall–Kier alpha value is -9.00. The first kappa shape index (κ1) is 40.8. The van der Waals surface area contributed by atoms with E-state index in [1.165, 1.54) is 49.6 Å². The van der Waals surface area contributed by atoms with Crippen LogP contribution >= 0.6 is 0 Å². The minimum atomic E-state index is -0.766. The van der Waals surface area contributed by atoms with Crippen LogP contribution in [0.15, 0.2) is 170 Å². The Morgan fingerprint density at radius 2 is 0.881 bits per heavy atom. The first-order valence-corrected chi connectivity index (χ1v) is 21.2. The molecular formula is C55H36N2O10. The van der Waals surface area contributed by atoms with Crippen molar-refractivity contribution in [3.05, 3.63) is 220 Å². The maximum absolute atomic E-state index is 13.6. The molecule has 11 rings (SSSR count). The molecule has 0 unspecified atom stereocenters. The summed E-state index contributed by atoms with van der Waals surface area (Å²) in [5.74, 6) is -0.651. The molecule has 4 amide bonds. The SMILES string of the molecule is COc1ccc(N2C(=O)c3ccc(Oc4ccc(C5(c6ccc(Oc7ccc8c(c7)C(=O)N(c7ccc(CO)c(O)c7)C8=O)cc6)c6ccccc6-c6ccccc65)cc4)cc3C2=O)cc1O. The zero-order valence-corrected chi connectivity index (χ0v) is 35.5. The van der Waals surface area contributed by atoms with Gasteiger partial charge < -0.3 is 29.5 Å². The molecule has 0 aromatic heterocycles. The largest absolute Gasteiger partial charge is 0.508 e. The molecule has 0 atom stereocenters. The lowest BCUT2D eigenvalue weighted by molar-refractivity contribution is 0.0910. The number of phenols is 2. The van der Waals surface area contributed by atoms with Gasteiger partial charge in [-0.25, -0.2) is 9.80 Å². The summed E-state index contributed by atoms with van der Waals surface area (Å²) in [6.45, 7) is -0.392. The maximum Gasteiger partial charge on any atom is 0.266 e. The number of fused-ring (bicyclic) bond motifs is 5. The molecule has 0 radical (unpaired) electrons. The highest BCUT2D eigenvalue weighted by atomic mass is 16.5. The number of nitrogens with zero attached hydrogens (tertiary/aromatic N) is 2. The van der Waals surface area contributed by atoms with Gasteiger partial charge in [0.2, 0.25) is 0 Å². The third-order valence-electron chi connectivity index (χ3n) is 12.6. The fourth-order valence-corrected chi connectivity index (χ4v) is 9.52. The van der Waals surface area contributed by atoms with Gasteiger partial charge in [-0.15, -0.1) is 0 Å². The maximum atomic E-state index is 13.6. The number of methoxy groups -OCH3 is 1. The Bertz CT molecular complexity index is 3170. The standard InChI is InChI=1S/C55H36N2O10/c1-65-50-25-16-35(27-49(50)60)57-52(62)43-24-22-39(29-45(43)54(57)64)67-37-19-13-33(14-20-37)55(46-8-4-2-6-40(46)41-7-3-5-9-47(41)55)32-11-17-36(18-12-32)66-38-21-23-42-44(28-38)53(63)56(51(42)61)34-15-10-31(30-58)48(59)26-34/h2-29,58-60H,30H2,1H3. The summed E-state index contributed by atoms with van der Waals surface area (Å²) < 4.78 is 17.7. The van der Waals surface area contributed by atoms with Crippen LogP contribution in [0.1, 0.15) is 69.2 Å². The van der Waals surface area contributed by atoms with Crippen molar-refractivity contribution in [2.75, 3.05) is 16.9 Å². The molecule has 2 aliphatic heterocycles. The molecule has 3 N–H and O–H groups in total. The summed E-state index contributed by atoms with van der Waals surface area (Å²) in [5, 5.41) is 30.1. The molecule has 0 bridgehead atoms. The Kier molecular flexibility index (Phi) is 9.50. The van der Waals surface area contributed by atoms with Crippen LogP contribution in [0.25, 0.3) is 11.1 Å². The van der Waals surface area contributed by atoms with E-state index in [0.717, 1.165) is 43.2 Å². The third kappa shape index (κ3) is 6.33. The van der Waals surface area contributed by atoms with E-state index in [1.54, 1.807) is 30.3 Å². The van der Waals surface area contributed by atoms with Crippen LogP contribution in [0, 0.1) is 0 Å². The number of carbonyl (C=O) groups excluding carboxylic acids is 4. The summed E-state index contributed by atoms with van der Waals surface area (Å²) in [6, 6.07) is 50.2. The molecule has 8 aromatic rings. The van der Waals surface area contributed by atoms with Gasteiger partial charge in [0, 0.05) is 17.7 Å². The van der Waals surface area contributed by atoms with E-state index < -0.39 is 35.7 Å². The van der Waals surface area contributed by atoms with Gasteiger partial charge in [0.1, 0.15) is 28.7 Å². The molecule has 8 aromatic carbocycles. The Morgan fingerprint density at radius 1 is 0.448 bits per heavy atom. The fraction of sp³-hybridized carbons (Fsp3) is 0.0545. The van der Waals surface area contributed by atoms with Crippen LogP contribution in [0.2, 0.25) is 0 Å². The predicted octanol–water partition coefficient (Wildman–Crippen LogP) is 10.1. The average molecular weight is 885 g/mol. The van der Waals surface area contributed by atoms with E-state index in [-0.39, 0.29) is 56.4 Å². The van der Waals surface area contributed by atoms with E-state index in [2.05, 4.69) is 24.3 Å². The Balaban J connectivity index is 0.889. The lowest BCUT2D eigenvalue weighted by atomic mass is 9.68. The van der Waals surface area contributed by atoms with Crippen LogP contribution in [-0.2, 0) is 12.0 Å². The van der Waals surface area contributed by atoms with Crippen LogP contribution in [0.4, 0.5) is 11.4 Å². The number of phenolic OH excluding ortho intramolecular Hbond substituents is 1. The molecule has 2 heterocycles. The lowest BCUT2D eigenvalue weighted by Gasteiger charge is -2.34. The van der Waals surface area contributed by atoms with Crippen molar-refractivity contribution in [1.29, 1.82) is 0 Å². The average Bonchev–Trinajstić information content (AvgIpc) is 3.89. The Labute approximate surface area is 382 Å². The van der Waals surface area contributed by atoms with Gasteiger partial charge in [-0.3, -0.25) is 19.2 Å². The second kappa shape index (κ2) is 15.6. The third-order valence-corrected chi connectivity index (χ3v) is 12.6. The number of rotatable bonds is 10. The summed E-state index contributed by atoms with van der Waals surface area (Å²) >= 11 is 0. The molecule has 0 saturated carbocycles. The quantitative estimate of drug-likeness (QED) is 0.113. The molecule has 12 nitrogen and oxygen atoms in total. The van der Waals surface area contributed by atoms with Crippen molar-refractivity contribution < 1.29 is 48.7 Å². The number of ether oxygens (including phenoxy) is 3. The Morgan fingerprint density at radius 3 is 1.33 bits per heavy atom. The van der Waals surface area contributed by atoms with Crippen molar-refractivity contribution in [3.8, 4) is 51.4 Å². The number of anilines is 2. The molecule has 1 aliphatic carbocycles. The van der Waals surface area contributed by atoms with Gasteiger partial charge in [-0.1, -0.05) is 78.9 Å². The van der Waals surface area contributed by atoms with Crippen molar-refractivity contribution in [1.82, 2.24) is 0 Å². The highest BCUT2D eigenvalue weighted by molar-refractivity contribution is 6.35. The summed E-state index contributed by atoms with van der Waals surface area (Å²) in [6.07, 6.45) is 0. The normalized spacial score (nSPS) is 14.2. The van der Waals surface area contributed by atoms with E-state index in [9.17, 15) is 34.5 Å². The highest BCUT2D eigenvalue weighted by Crippen LogP contribution is 2.56. The lowest BCUT2D eigenvalue weighted by Crippen LogP contribution is -2.29. The monoisotopic (exact) mass is 884 g/mol. The number of hydrogen-bond donors (Lipinski definition) is 3.